The van der Waals surface area contributed by atoms with Gasteiger partial charge in [0.15, 0.2) is 6.61 Å². The van der Waals surface area contributed by atoms with Crippen molar-refractivity contribution in [2.75, 3.05) is 13.2 Å². The third kappa shape index (κ3) is 4.72. The van der Waals surface area contributed by atoms with Crippen molar-refractivity contribution in [2.45, 2.75) is 6.42 Å². The van der Waals surface area contributed by atoms with Crippen molar-refractivity contribution >= 4 is 38.7 Å². The molecule has 3 rings (SSSR count). The number of fused-ring (bicyclic) bond motifs is 1. The summed E-state index contributed by atoms with van der Waals surface area (Å²) in [6, 6.07) is 18.5. The van der Waals surface area contributed by atoms with Gasteiger partial charge in [-0.3, -0.25) is 4.79 Å². The Kier molecular flexibility index (Phi) is 6.35. The standard InChI is InChI=1S/C21H16BrN3O3/c22-15-8-6-14(7-9-15)19-12-17(16-4-1-2-5-18(16)25-19)21(27)28-13-20(26)24-11-3-10-23/h1-2,4-9,12H,3,11,13H2,(H,24,26). The van der Waals surface area contributed by atoms with Crippen molar-refractivity contribution < 1.29 is 14.3 Å². The lowest BCUT2D eigenvalue weighted by Crippen LogP contribution is -2.29. The van der Waals surface area contributed by atoms with Crippen molar-refractivity contribution in [3.05, 3.63) is 64.6 Å². The molecule has 28 heavy (non-hydrogen) atoms. The Hall–Kier alpha value is -3.24. The Morgan fingerprint density at radius 2 is 1.89 bits per heavy atom. The van der Waals surface area contributed by atoms with E-state index in [1.54, 1.807) is 12.1 Å². The minimum Gasteiger partial charge on any atom is -0.452 e. The predicted molar refractivity (Wildman–Crippen MR) is 108 cm³/mol. The molecule has 2 aromatic carbocycles. The summed E-state index contributed by atoms with van der Waals surface area (Å²) in [6.07, 6.45) is 0.200. The van der Waals surface area contributed by atoms with Crippen LogP contribution in [-0.2, 0) is 9.53 Å². The Morgan fingerprint density at radius 1 is 1.14 bits per heavy atom. The Bertz CT molecular complexity index is 1060. The Balaban J connectivity index is 1.87. The maximum Gasteiger partial charge on any atom is 0.339 e. The molecule has 140 valence electrons. The second-order valence-corrected chi connectivity index (χ2v) is 6.83. The van der Waals surface area contributed by atoms with E-state index in [1.165, 1.54) is 0 Å². The number of para-hydroxylation sites is 1. The van der Waals surface area contributed by atoms with E-state index in [-0.39, 0.29) is 13.0 Å². The largest absolute Gasteiger partial charge is 0.452 e. The summed E-state index contributed by atoms with van der Waals surface area (Å²) in [5.41, 5.74) is 2.50. The molecule has 0 radical (unpaired) electrons. The molecule has 0 aliphatic rings. The molecule has 0 unspecified atom stereocenters. The summed E-state index contributed by atoms with van der Waals surface area (Å²) in [4.78, 5) is 29.0. The number of carbonyl (C=O) groups excluding carboxylic acids is 2. The lowest BCUT2D eigenvalue weighted by molar-refractivity contribution is -0.124. The van der Waals surface area contributed by atoms with Crippen LogP contribution in [-0.4, -0.2) is 30.0 Å². The number of hydrogen-bond donors (Lipinski definition) is 1. The van der Waals surface area contributed by atoms with Gasteiger partial charge >= 0.3 is 5.97 Å². The van der Waals surface area contributed by atoms with Crippen LogP contribution < -0.4 is 5.32 Å². The number of nitriles is 1. The summed E-state index contributed by atoms with van der Waals surface area (Å²) in [7, 11) is 0. The van der Waals surface area contributed by atoms with Crippen LogP contribution in [0.5, 0.6) is 0 Å². The highest BCUT2D eigenvalue weighted by Crippen LogP contribution is 2.26. The summed E-state index contributed by atoms with van der Waals surface area (Å²) in [5, 5.41) is 11.7. The molecule has 3 aromatic rings. The number of benzene rings is 2. The fourth-order valence-corrected chi connectivity index (χ4v) is 2.89. The smallest absolute Gasteiger partial charge is 0.339 e. The first-order chi connectivity index (χ1) is 13.6. The van der Waals surface area contributed by atoms with Gasteiger partial charge in [-0.2, -0.15) is 5.26 Å². The van der Waals surface area contributed by atoms with E-state index in [4.69, 9.17) is 10.00 Å². The molecule has 0 aliphatic carbocycles. The third-order valence-electron chi connectivity index (χ3n) is 3.97. The van der Waals surface area contributed by atoms with Crippen LogP contribution in [0.4, 0.5) is 0 Å². The Morgan fingerprint density at radius 3 is 2.64 bits per heavy atom. The molecule has 1 heterocycles. The highest BCUT2D eigenvalue weighted by Gasteiger charge is 2.16. The molecule has 1 amide bonds. The van der Waals surface area contributed by atoms with E-state index >= 15 is 0 Å². The topological polar surface area (TPSA) is 92.1 Å². The zero-order chi connectivity index (χ0) is 19.9. The van der Waals surface area contributed by atoms with E-state index in [0.29, 0.717) is 22.2 Å². The molecule has 1 aromatic heterocycles. The molecule has 0 bridgehead atoms. The van der Waals surface area contributed by atoms with Crippen LogP contribution in [0.1, 0.15) is 16.8 Å². The quantitative estimate of drug-likeness (QED) is 0.466. The second kappa shape index (κ2) is 9.11. The van der Waals surface area contributed by atoms with Gasteiger partial charge in [0.2, 0.25) is 0 Å². The van der Waals surface area contributed by atoms with Gasteiger partial charge in [-0.05, 0) is 24.3 Å². The van der Waals surface area contributed by atoms with Crippen LogP contribution in [0, 0.1) is 11.3 Å². The first-order valence-electron chi connectivity index (χ1n) is 8.55. The number of esters is 1. The number of hydrogen-bond acceptors (Lipinski definition) is 5. The van der Waals surface area contributed by atoms with Crippen LogP contribution in [0.15, 0.2) is 59.1 Å². The zero-order valence-corrected chi connectivity index (χ0v) is 16.4. The molecule has 0 saturated heterocycles. The fourth-order valence-electron chi connectivity index (χ4n) is 2.63. The van der Waals surface area contributed by atoms with E-state index in [2.05, 4.69) is 26.2 Å². The maximum atomic E-state index is 12.6. The average Bonchev–Trinajstić information content (AvgIpc) is 2.72. The molecule has 0 atom stereocenters. The minimum atomic E-state index is -0.604. The average molecular weight is 438 g/mol. The van der Waals surface area contributed by atoms with Crippen molar-refractivity contribution in [1.29, 1.82) is 5.26 Å². The number of aromatic nitrogens is 1. The lowest BCUT2D eigenvalue weighted by Gasteiger charge is -2.10. The SMILES string of the molecule is N#CCCNC(=O)COC(=O)c1cc(-c2ccc(Br)cc2)nc2ccccc12. The number of ether oxygens (including phenoxy) is 1. The number of pyridine rings is 1. The van der Waals surface area contributed by atoms with Gasteiger partial charge in [-0.15, -0.1) is 0 Å². The molecular formula is C21H16BrN3O3. The molecule has 1 N–H and O–H groups in total. The summed E-state index contributed by atoms with van der Waals surface area (Å²) in [5.74, 6) is -1.05. The number of rotatable bonds is 6. The number of nitrogens with zero attached hydrogens (tertiary/aromatic N) is 2. The summed E-state index contributed by atoms with van der Waals surface area (Å²) < 4.78 is 6.11. The van der Waals surface area contributed by atoms with Crippen molar-refractivity contribution in [3.8, 4) is 17.3 Å². The normalized spacial score (nSPS) is 10.3. The molecular weight excluding hydrogens is 422 g/mol. The van der Waals surface area contributed by atoms with E-state index in [9.17, 15) is 9.59 Å². The van der Waals surface area contributed by atoms with E-state index in [1.807, 2.05) is 48.5 Å². The molecule has 6 nitrogen and oxygen atoms in total. The van der Waals surface area contributed by atoms with Gasteiger partial charge in [0.25, 0.3) is 5.91 Å². The first kappa shape index (κ1) is 19.5. The highest BCUT2D eigenvalue weighted by molar-refractivity contribution is 9.10. The fraction of sp³-hybridized carbons (Fsp3) is 0.143. The molecule has 0 aliphatic heterocycles. The molecule has 0 spiro atoms. The van der Waals surface area contributed by atoms with Crippen molar-refractivity contribution in [3.63, 3.8) is 0 Å². The van der Waals surface area contributed by atoms with Crippen LogP contribution in [0.3, 0.4) is 0 Å². The van der Waals surface area contributed by atoms with Gasteiger partial charge in [0.1, 0.15) is 0 Å². The maximum absolute atomic E-state index is 12.6. The zero-order valence-electron chi connectivity index (χ0n) is 14.8. The summed E-state index contributed by atoms with van der Waals surface area (Å²) in [6.45, 7) is -0.187. The molecule has 0 saturated carbocycles. The van der Waals surface area contributed by atoms with Gasteiger partial charge in [-0.25, -0.2) is 9.78 Å². The molecule has 0 fully saturated rings. The first-order valence-corrected chi connectivity index (χ1v) is 9.34. The van der Waals surface area contributed by atoms with E-state index < -0.39 is 18.5 Å². The molecule has 7 heteroatoms. The highest BCUT2D eigenvalue weighted by atomic mass is 79.9. The van der Waals surface area contributed by atoms with Gasteiger partial charge in [-0.1, -0.05) is 46.3 Å². The van der Waals surface area contributed by atoms with Crippen molar-refractivity contribution in [1.82, 2.24) is 10.3 Å². The number of amides is 1. The minimum absolute atomic E-state index is 0.200. The van der Waals surface area contributed by atoms with Gasteiger partial charge in [0, 0.05) is 22.0 Å². The monoisotopic (exact) mass is 437 g/mol. The number of carbonyl (C=O) groups is 2. The Labute approximate surface area is 170 Å². The number of nitrogens with one attached hydrogen (secondary N) is 1. The predicted octanol–water partition coefficient (Wildman–Crippen LogP) is 3.85. The summed E-state index contributed by atoms with van der Waals surface area (Å²) >= 11 is 3.40. The van der Waals surface area contributed by atoms with Gasteiger partial charge in [0.05, 0.1) is 29.3 Å². The van der Waals surface area contributed by atoms with Crippen molar-refractivity contribution in [2.24, 2.45) is 0 Å². The lowest BCUT2D eigenvalue weighted by atomic mass is 10.0. The number of halogens is 1. The van der Waals surface area contributed by atoms with Crippen LogP contribution in [0.25, 0.3) is 22.2 Å². The van der Waals surface area contributed by atoms with Crippen LogP contribution >= 0.6 is 15.9 Å². The van der Waals surface area contributed by atoms with E-state index in [0.717, 1.165) is 10.0 Å². The second-order valence-electron chi connectivity index (χ2n) is 5.91. The van der Waals surface area contributed by atoms with Gasteiger partial charge < -0.3 is 10.1 Å². The van der Waals surface area contributed by atoms with Crippen LogP contribution in [0.2, 0.25) is 0 Å². The third-order valence-corrected chi connectivity index (χ3v) is 4.50.